The van der Waals surface area contributed by atoms with Gasteiger partial charge in [0, 0.05) is 25.1 Å². The Kier molecular flexibility index (Phi) is 3.95. The van der Waals surface area contributed by atoms with Crippen LogP contribution in [0.5, 0.6) is 0 Å². The van der Waals surface area contributed by atoms with Crippen LogP contribution in [-0.2, 0) is 4.79 Å². The molecule has 1 fully saturated rings. The third-order valence-electron chi connectivity index (χ3n) is 3.28. The van der Waals surface area contributed by atoms with Crippen molar-refractivity contribution in [2.45, 2.75) is 12.8 Å². The molecule has 1 saturated heterocycles. The van der Waals surface area contributed by atoms with Crippen LogP contribution in [-0.4, -0.2) is 35.0 Å². The topological polar surface area (TPSA) is 83.6 Å². The molecule has 0 radical (unpaired) electrons. The fourth-order valence-electron chi connectivity index (χ4n) is 2.29. The van der Waals surface area contributed by atoms with Crippen molar-refractivity contribution in [2.75, 3.05) is 18.8 Å². The zero-order chi connectivity index (χ0) is 14.0. The molecule has 3 N–H and O–H groups in total. The molecule has 1 aromatic rings. The van der Waals surface area contributed by atoms with Crippen LogP contribution >= 0.6 is 11.6 Å². The van der Waals surface area contributed by atoms with E-state index in [0.717, 1.165) is 6.42 Å². The van der Waals surface area contributed by atoms with Crippen molar-refractivity contribution in [1.82, 2.24) is 4.90 Å². The van der Waals surface area contributed by atoms with E-state index in [1.54, 1.807) is 23.1 Å². The Hall–Kier alpha value is -1.75. The second kappa shape index (κ2) is 5.48. The van der Waals surface area contributed by atoms with E-state index in [0.29, 0.717) is 29.4 Å². The van der Waals surface area contributed by atoms with Gasteiger partial charge in [-0.05, 0) is 30.5 Å². The highest BCUT2D eigenvalue weighted by Gasteiger charge is 2.28. The van der Waals surface area contributed by atoms with Gasteiger partial charge in [-0.25, -0.2) is 0 Å². The fourth-order valence-corrected chi connectivity index (χ4v) is 2.41. The van der Waals surface area contributed by atoms with E-state index in [1.165, 1.54) is 0 Å². The largest absolute Gasteiger partial charge is 0.481 e. The molecule has 1 aliphatic heterocycles. The maximum Gasteiger partial charge on any atom is 0.303 e. The minimum absolute atomic E-state index is 0.0334. The van der Waals surface area contributed by atoms with E-state index < -0.39 is 5.97 Å². The van der Waals surface area contributed by atoms with Gasteiger partial charge in [-0.2, -0.15) is 0 Å². The lowest BCUT2D eigenvalue weighted by Gasteiger charge is -2.16. The zero-order valence-corrected chi connectivity index (χ0v) is 11.1. The summed E-state index contributed by atoms with van der Waals surface area (Å²) in [5.74, 6) is -0.919. The van der Waals surface area contributed by atoms with Crippen molar-refractivity contribution in [2.24, 2.45) is 5.92 Å². The molecule has 0 aliphatic carbocycles. The first-order valence-electron chi connectivity index (χ1n) is 6.03. The highest BCUT2D eigenvalue weighted by Crippen LogP contribution is 2.24. The average Bonchev–Trinajstić information content (AvgIpc) is 2.79. The van der Waals surface area contributed by atoms with Crippen LogP contribution in [0.1, 0.15) is 23.2 Å². The Morgan fingerprint density at radius 3 is 2.84 bits per heavy atom. The molecule has 5 nitrogen and oxygen atoms in total. The first kappa shape index (κ1) is 13.7. The Bertz CT molecular complexity index is 519. The molecule has 1 unspecified atom stereocenters. The summed E-state index contributed by atoms with van der Waals surface area (Å²) in [7, 11) is 0. The predicted octanol–water partition coefficient (Wildman–Crippen LogP) is 1.86. The number of carbonyl (C=O) groups excluding carboxylic acids is 1. The van der Waals surface area contributed by atoms with Crippen LogP contribution in [0.4, 0.5) is 5.69 Å². The predicted molar refractivity (Wildman–Crippen MR) is 72.1 cm³/mol. The van der Waals surface area contributed by atoms with Gasteiger partial charge in [-0.1, -0.05) is 11.6 Å². The minimum Gasteiger partial charge on any atom is -0.481 e. The second-order valence-electron chi connectivity index (χ2n) is 4.74. The molecular formula is C13H15ClN2O3. The van der Waals surface area contributed by atoms with Crippen LogP contribution in [0.2, 0.25) is 5.02 Å². The third kappa shape index (κ3) is 3.17. The summed E-state index contributed by atoms with van der Waals surface area (Å²) in [5.41, 5.74) is 6.52. The number of rotatable bonds is 3. The van der Waals surface area contributed by atoms with E-state index in [4.69, 9.17) is 22.4 Å². The van der Waals surface area contributed by atoms with Gasteiger partial charge in [-0.3, -0.25) is 9.59 Å². The first-order valence-corrected chi connectivity index (χ1v) is 6.41. The van der Waals surface area contributed by atoms with Gasteiger partial charge in [0.2, 0.25) is 0 Å². The number of hydrogen-bond acceptors (Lipinski definition) is 3. The fraction of sp³-hybridized carbons (Fsp3) is 0.385. The molecule has 1 atom stereocenters. The molecule has 0 saturated carbocycles. The van der Waals surface area contributed by atoms with Crippen molar-refractivity contribution in [1.29, 1.82) is 0 Å². The Labute approximate surface area is 116 Å². The van der Waals surface area contributed by atoms with Gasteiger partial charge in [-0.15, -0.1) is 0 Å². The molecule has 6 heteroatoms. The number of nitrogen functional groups attached to an aromatic ring is 1. The minimum atomic E-state index is -0.824. The maximum absolute atomic E-state index is 12.2. The molecular weight excluding hydrogens is 268 g/mol. The number of carbonyl (C=O) groups is 2. The lowest BCUT2D eigenvalue weighted by molar-refractivity contribution is -0.138. The summed E-state index contributed by atoms with van der Waals surface area (Å²) in [6.45, 7) is 1.06. The van der Waals surface area contributed by atoms with Crippen molar-refractivity contribution < 1.29 is 14.7 Å². The monoisotopic (exact) mass is 282 g/mol. The van der Waals surface area contributed by atoms with E-state index >= 15 is 0 Å². The molecule has 19 heavy (non-hydrogen) atoms. The highest BCUT2D eigenvalue weighted by molar-refractivity contribution is 6.33. The van der Waals surface area contributed by atoms with Crippen molar-refractivity contribution in [3.63, 3.8) is 0 Å². The second-order valence-corrected chi connectivity index (χ2v) is 5.15. The smallest absolute Gasteiger partial charge is 0.303 e. The number of halogens is 1. The van der Waals surface area contributed by atoms with Crippen LogP contribution in [0.25, 0.3) is 0 Å². The van der Waals surface area contributed by atoms with Gasteiger partial charge in [0.1, 0.15) is 0 Å². The number of carboxylic acid groups (broad SMARTS) is 1. The van der Waals surface area contributed by atoms with Crippen molar-refractivity contribution in [3.05, 3.63) is 28.8 Å². The van der Waals surface area contributed by atoms with Crippen LogP contribution in [0, 0.1) is 5.92 Å². The van der Waals surface area contributed by atoms with E-state index in [9.17, 15) is 9.59 Å². The summed E-state index contributed by atoms with van der Waals surface area (Å²) in [5, 5.41) is 9.17. The number of carboxylic acids is 1. The Balaban J connectivity index is 2.04. The molecule has 102 valence electrons. The van der Waals surface area contributed by atoms with Crippen LogP contribution in [0.15, 0.2) is 18.2 Å². The van der Waals surface area contributed by atoms with Gasteiger partial charge >= 0.3 is 5.97 Å². The molecule has 1 heterocycles. The SMILES string of the molecule is Nc1cc(C(=O)N2CCC(CC(=O)O)C2)ccc1Cl. The summed E-state index contributed by atoms with van der Waals surface area (Å²) in [6.07, 6.45) is 0.827. The number of nitrogens with two attached hydrogens (primary N) is 1. The third-order valence-corrected chi connectivity index (χ3v) is 3.62. The summed E-state index contributed by atoms with van der Waals surface area (Å²) in [4.78, 5) is 24.5. The number of aliphatic carboxylic acids is 1. The molecule has 0 spiro atoms. The number of likely N-dealkylation sites (tertiary alicyclic amines) is 1. The number of hydrogen-bond donors (Lipinski definition) is 2. The number of amides is 1. The van der Waals surface area contributed by atoms with Crippen molar-refractivity contribution >= 4 is 29.2 Å². The lowest BCUT2D eigenvalue weighted by atomic mass is 10.1. The number of nitrogens with zero attached hydrogens (tertiary/aromatic N) is 1. The normalized spacial score (nSPS) is 18.6. The van der Waals surface area contributed by atoms with Gasteiger partial charge in [0.15, 0.2) is 0 Å². The zero-order valence-electron chi connectivity index (χ0n) is 10.3. The van der Waals surface area contributed by atoms with E-state index in [2.05, 4.69) is 0 Å². The molecule has 0 aromatic heterocycles. The van der Waals surface area contributed by atoms with Crippen molar-refractivity contribution in [3.8, 4) is 0 Å². The number of benzene rings is 1. The van der Waals surface area contributed by atoms with E-state index in [1.807, 2.05) is 0 Å². The van der Waals surface area contributed by atoms with Gasteiger partial charge < -0.3 is 15.7 Å². The molecule has 1 aliphatic rings. The quantitative estimate of drug-likeness (QED) is 0.829. The number of anilines is 1. The summed E-state index contributed by atoms with van der Waals surface area (Å²) < 4.78 is 0. The Morgan fingerprint density at radius 1 is 1.47 bits per heavy atom. The maximum atomic E-state index is 12.2. The summed E-state index contributed by atoms with van der Waals surface area (Å²) in [6, 6.07) is 4.77. The average molecular weight is 283 g/mol. The van der Waals surface area contributed by atoms with E-state index in [-0.39, 0.29) is 18.2 Å². The standard InChI is InChI=1S/C13H15ClN2O3/c14-10-2-1-9(6-11(10)15)13(19)16-4-3-8(7-16)5-12(17)18/h1-2,6,8H,3-5,7,15H2,(H,17,18). The molecule has 0 bridgehead atoms. The van der Waals surface area contributed by atoms with Crippen LogP contribution in [0.3, 0.4) is 0 Å². The molecule has 2 rings (SSSR count). The highest BCUT2D eigenvalue weighted by atomic mass is 35.5. The van der Waals surface area contributed by atoms with Gasteiger partial charge in [0.05, 0.1) is 10.7 Å². The van der Waals surface area contributed by atoms with Crippen LogP contribution < -0.4 is 5.73 Å². The molecule has 1 amide bonds. The molecule has 1 aromatic carbocycles. The summed E-state index contributed by atoms with van der Waals surface area (Å²) >= 11 is 5.81. The first-order chi connectivity index (χ1) is 8.97. The lowest BCUT2D eigenvalue weighted by Crippen LogP contribution is -2.29. The van der Waals surface area contributed by atoms with Gasteiger partial charge in [0.25, 0.3) is 5.91 Å². The Morgan fingerprint density at radius 2 is 2.21 bits per heavy atom.